The van der Waals surface area contributed by atoms with E-state index in [1.807, 2.05) is 72.5 Å². The summed E-state index contributed by atoms with van der Waals surface area (Å²) in [6.07, 6.45) is 6.70. The van der Waals surface area contributed by atoms with Gasteiger partial charge in [-0.3, -0.25) is 19.2 Å². The SMILES string of the molecule is CCCCN(C(=O)c1nn(-c2ccc(C(=O)NS(=O)(=O)c3ccc4ccccc4c3)cc2C(=O)N2CCc3ccccc3C2)c(C)c1Cl)c1ccc(CCC(=O)N2CCCCC2)cc1.O=C=O. The topological polar surface area (TPSA) is 176 Å². The molecule has 4 amide bonds. The largest absolute Gasteiger partial charge is 0.373 e. The molecule has 0 bridgehead atoms. The van der Waals surface area contributed by atoms with Gasteiger partial charge >= 0.3 is 6.15 Å². The van der Waals surface area contributed by atoms with Crippen molar-refractivity contribution in [3.05, 3.63) is 153 Å². The van der Waals surface area contributed by atoms with E-state index in [1.165, 1.54) is 35.0 Å². The number of nitrogens with zero attached hydrogens (tertiary/aromatic N) is 5. The molecule has 1 aromatic heterocycles. The Balaban J connectivity index is 0.00000216. The van der Waals surface area contributed by atoms with Crippen LogP contribution in [0.15, 0.2) is 114 Å². The lowest BCUT2D eigenvalue weighted by molar-refractivity contribution is -0.191. The Bertz CT molecular complexity index is 2960. The van der Waals surface area contributed by atoms with Gasteiger partial charge in [0.05, 0.1) is 26.9 Å². The molecular formula is C51H51ClN6O8S. The zero-order valence-corrected chi connectivity index (χ0v) is 38.9. The van der Waals surface area contributed by atoms with E-state index in [-0.39, 0.29) is 44.5 Å². The fourth-order valence-electron chi connectivity index (χ4n) is 8.49. The standard InChI is InChI=1S/C50H51ClN6O6S.CO2/c1-3-4-29-56(41-21-16-35(17-22-41)18-25-45(58)54-27-10-5-11-28-54)50(61)47-46(51)34(2)57(52-47)44-24-20-39(32-43(44)49(60)55-30-26-37-13-7-9-15-40(37)33-55)48(59)53-64(62,63)42-23-19-36-12-6-8-14-38(36)31-42;2-1-3/h6-9,12-17,19-24,31-32H,3-5,10-11,18,25-30,33H2,1-2H3,(H,53,59);. The quantitative estimate of drug-likeness (QED) is 0.120. The minimum atomic E-state index is -4.31. The predicted molar refractivity (Wildman–Crippen MR) is 254 cm³/mol. The number of anilines is 1. The van der Waals surface area contributed by atoms with Gasteiger partial charge < -0.3 is 14.7 Å². The minimum absolute atomic E-state index is 0.0138. The number of amides is 4. The number of aryl methyl sites for hydroxylation is 1. The number of benzene rings is 5. The van der Waals surface area contributed by atoms with Crippen molar-refractivity contribution in [1.29, 1.82) is 0 Å². The second-order valence-electron chi connectivity index (χ2n) is 16.6. The van der Waals surface area contributed by atoms with E-state index in [4.69, 9.17) is 26.3 Å². The van der Waals surface area contributed by atoms with Crippen LogP contribution >= 0.6 is 11.6 Å². The summed E-state index contributed by atoms with van der Waals surface area (Å²) < 4.78 is 30.7. The average Bonchev–Trinajstić information content (AvgIpc) is 3.65. The number of hydrogen-bond acceptors (Lipinski definition) is 9. The summed E-state index contributed by atoms with van der Waals surface area (Å²) in [5.41, 5.74) is 4.44. The van der Waals surface area contributed by atoms with Gasteiger partial charge in [-0.15, -0.1) is 0 Å². The van der Waals surface area contributed by atoms with Crippen LogP contribution in [-0.4, -0.2) is 84.0 Å². The molecule has 346 valence electrons. The third-order valence-electron chi connectivity index (χ3n) is 12.2. The molecule has 3 heterocycles. The Hall–Kier alpha value is -6.93. The molecule has 8 rings (SSSR count). The first-order valence-corrected chi connectivity index (χ1v) is 24.2. The van der Waals surface area contributed by atoms with Gasteiger partial charge in [-0.05, 0) is 115 Å². The molecule has 0 aliphatic carbocycles. The molecule has 1 saturated heterocycles. The number of halogens is 1. The van der Waals surface area contributed by atoms with Crippen LogP contribution in [0.5, 0.6) is 0 Å². The summed E-state index contributed by atoms with van der Waals surface area (Å²) in [5, 5.41) is 6.40. The normalized spacial score (nSPS) is 13.5. The third-order valence-corrected chi connectivity index (χ3v) is 14.0. The summed E-state index contributed by atoms with van der Waals surface area (Å²) in [6, 6.07) is 31.8. The number of piperidine rings is 1. The van der Waals surface area contributed by atoms with E-state index in [0.29, 0.717) is 62.1 Å². The highest BCUT2D eigenvalue weighted by Gasteiger charge is 2.31. The van der Waals surface area contributed by atoms with Crippen molar-refractivity contribution in [3.63, 3.8) is 0 Å². The second kappa shape index (κ2) is 21.6. The van der Waals surface area contributed by atoms with Crippen LogP contribution in [0, 0.1) is 6.92 Å². The number of sulfonamides is 1. The van der Waals surface area contributed by atoms with Crippen LogP contribution in [0.1, 0.15) is 99.0 Å². The Morgan fingerprint density at radius 1 is 0.806 bits per heavy atom. The molecule has 0 saturated carbocycles. The van der Waals surface area contributed by atoms with E-state index in [2.05, 4.69) is 4.72 Å². The average molecular weight is 944 g/mol. The molecule has 0 unspecified atom stereocenters. The Labute approximate surface area is 394 Å². The Morgan fingerprint density at radius 3 is 2.21 bits per heavy atom. The maximum atomic E-state index is 14.7. The lowest BCUT2D eigenvalue weighted by Crippen LogP contribution is -2.37. The van der Waals surface area contributed by atoms with E-state index < -0.39 is 27.7 Å². The van der Waals surface area contributed by atoms with E-state index in [1.54, 1.807) is 34.9 Å². The number of unbranched alkanes of at least 4 members (excludes halogenated alkanes) is 1. The summed E-state index contributed by atoms with van der Waals surface area (Å²) in [7, 11) is -4.31. The van der Waals surface area contributed by atoms with Crippen LogP contribution in [0.2, 0.25) is 5.02 Å². The molecule has 1 fully saturated rings. The third kappa shape index (κ3) is 11.0. The molecule has 0 spiro atoms. The van der Waals surface area contributed by atoms with Crippen molar-refractivity contribution in [2.24, 2.45) is 0 Å². The van der Waals surface area contributed by atoms with Gasteiger partial charge in [0, 0.05) is 50.4 Å². The molecule has 16 heteroatoms. The van der Waals surface area contributed by atoms with Gasteiger partial charge in [0.1, 0.15) is 0 Å². The first kappa shape index (κ1) is 48.0. The van der Waals surface area contributed by atoms with Crippen molar-refractivity contribution < 1.29 is 37.2 Å². The van der Waals surface area contributed by atoms with Gasteiger partial charge in [-0.1, -0.05) is 91.7 Å². The summed E-state index contributed by atoms with van der Waals surface area (Å²) in [5.74, 6) is -1.59. The first-order valence-electron chi connectivity index (χ1n) is 22.3. The van der Waals surface area contributed by atoms with Crippen molar-refractivity contribution >= 4 is 67.9 Å². The van der Waals surface area contributed by atoms with Crippen LogP contribution in [-0.2, 0) is 43.8 Å². The first-order chi connectivity index (χ1) is 32.3. The Morgan fingerprint density at radius 2 is 1.49 bits per heavy atom. The monoisotopic (exact) mass is 942 g/mol. The number of likely N-dealkylation sites (tertiary alicyclic amines) is 1. The molecule has 5 aromatic carbocycles. The molecule has 0 atom stereocenters. The lowest BCUT2D eigenvalue weighted by Gasteiger charge is -2.29. The summed E-state index contributed by atoms with van der Waals surface area (Å²) in [4.78, 5) is 77.2. The molecule has 0 radical (unpaired) electrons. The highest BCUT2D eigenvalue weighted by atomic mass is 35.5. The van der Waals surface area contributed by atoms with Gasteiger partial charge in [0.2, 0.25) is 5.91 Å². The maximum Gasteiger partial charge on any atom is 0.373 e. The van der Waals surface area contributed by atoms with Gasteiger partial charge in [-0.25, -0.2) is 17.8 Å². The Kier molecular flexibility index (Phi) is 15.5. The number of nitrogens with one attached hydrogen (secondary N) is 1. The van der Waals surface area contributed by atoms with Crippen LogP contribution < -0.4 is 9.62 Å². The highest BCUT2D eigenvalue weighted by Crippen LogP contribution is 2.31. The number of carbonyl (C=O) groups excluding carboxylic acids is 6. The van der Waals surface area contributed by atoms with Crippen molar-refractivity contribution in [2.45, 2.75) is 76.7 Å². The molecule has 14 nitrogen and oxygen atoms in total. The fourth-order valence-corrected chi connectivity index (χ4v) is 9.70. The van der Waals surface area contributed by atoms with Gasteiger partial charge in [0.25, 0.3) is 27.7 Å². The maximum absolute atomic E-state index is 14.7. The second-order valence-corrected chi connectivity index (χ2v) is 18.6. The van der Waals surface area contributed by atoms with E-state index in [0.717, 1.165) is 60.8 Å². The number of aromatic nitrogens is 2. The molecule has 2 aliphatic heterocycles. The van der Waals surface area contributed by atoms with Crippen molar-refractivity contribution in [2.75, 3.05) is 31.1 Å². The smallest absolute Gasteiger partial charge is 0.343 e. The zero-order valence-electron chi connectivity index (χ0n) is 37.4. The van der Waals surface area contributed by atoms with Crippen LogP contribution in [0.4, 0.5) is 5.69 Å². The van der Waals surface area contributed by atoms with Crippen molar-refractivity contribution in [1.82, 2.24) is 24.3 Å². The van der Waals surface area contributed by atoms with E-state index >= 15 is 0 Å². The number of hydrogen-bond donors (Lipinski definition) is 1. The van der Waals surface area contributed by atoms with E-state index in [9.17, 15) is 27.6 Å². The zero-order chi connectivity index (χ0) is 47.7. The van der Waals surface area contributed by atoms with Crippen molar-refractivity contribution in [3.8, 4) is 5.69 Å². The number of fused-ring (bicyclic) bond motifs is 2. The molecule has 6 aromatic rings. The molecule has 1 N–H and O–H groups in total. The van der Waals surface area contributed by atoms with Crippen LogP contribution in [0.25, 0.3) is 16.5 Å². The lowest BCUT2D eigenvalue weighted by atomic mass is 9.98. The molecular weight excluding hydrogens is 892 g/mol. The van der Waals surface area contributed by atoms with Crippen LogP contribution in [0.3, 0.4) is 0 Å². The minimum Gasteiger partial charge on any atom is -0.343 e. The predicted octanol–water partition coefficient (Wildman–Crippen LogP) is 8.11. The molecule has 67 heavy (non-hydrogen) atoms. The number of rotatable bonds is 13. The highest BCUT2D eigenvalue weighted by molar-refractivity contribution is 7.90. The summed E-state index contributed by atoms with van der Waals surface area (Å²) in [6.45, 7) is 6.50. The number of carbonyl (C=O) groups is 4. The van der Waals surface area contributed by atoms with Gasteiger partial charge in [-0.2, -0.15) is 14.7 Å². The van der Waals surface area contributed by atoms with Gasteiger partial charge in [0.15, 0.2) is 5.69 Å². The molecule has 2 aliphatic rings. The fraction of sp³-hybridized carbons (Fsp3) is 0.294. The summed E-state index contributed by atoms with van der Waals surface area (Å²) >= 11 is 6.98.